The Morgan fingerprint density at radius 3 is 2.52 bits per heavy atom. The zero-order valence-electron chi connectivity index (χ0n) is 14.0. The molecule has 0 atom stereocenters. The molecule has 0 saturated carbocycles. The van der Waals surface area contributed by atoms with E-state index in [-0.39, 0.29) is 23.7 Å². The van der Waals surface area contributed by atoms with Crippen molar-refractivity contribution in [3.63, 3.8) is 0 Å². The lowest BCUT2D eigenvalue weighted by molar-refractivity contribution is -0.140. The first-order chi connectivity index (χ1) is 12.9. The first-order valence-electron chi connectivity index (χ1n) is 7.96. The average Bonchev–Trinajstić information content (AvgIpc) is 3.25. The number of fused-ring (bicyclic) bond motifs is 1. The molecule has 0 unspecified atom stereocenters. The minimum absolute atomic E-state index is 0.0822. The lowest BCUT2D eigenvalue weighted by Crippen LogP contribution is -2.07. The van der Waals surface area contributed by atoms with Crippen molar-refractivity contribution in [2.45, 2.75) is 19.7 Å². The number of aliphatic hydroxyl groups excluding tert-OH is 1. The lowest BCUT2D eigenvalue weighted by atomic mass is 10.1. The van der Waals surface area contributed by atoms with Crippen LogP contribution in [0.25, 0.3) is 28.2 Å². The van der Waals surface area contributed by atoms with E-state index < -0.39 is 11.9 Å². The van der Waals surface area contributed by atoms with E-state index >= 15 is 0 Å². The maximum atomic E-state index is 13.6. The van der Waals surface area contributed by atoms with Crippen LogP contribution in [0, 0.1) is 6.92 Å². The molecular weight excluding hydrogens is 361 g/mol. The minimum atomic E-state index is -4.64. The Hall–Kier alpha value is -3.20. The van der Waals surface area contributed by atoms with Gasteiger partial charge < -0.3 is 9.52 Å². The van der Waals surface area contributed by atoms with Gasteiger partial charge in [0.15, 0.2) is 11.3 Å². The SMILES string of the molecule is Cc1nc2c(-c3ccccc3)c(C(F)(F)F)nn2cc1-c1nc(CO)co1. The number of hydrogen-bond donors (Lipinski definition) is 1. The zero-order valence-corrected chi connectivity index (χ0v) is 14.0. The van der Waals surface area contributed by atoms with E-state index in [1.165, 1.54) is 12.5 Å². The van der Waals surface area contributed by atoms with Crippen LogP contribution < -0.4 is 0 Å². The van der Waals surface area contributed by atoms with Crippen molar-refractivity contribution in [3.05, 3.63) is 59.9 Å². The Bertz CT molecular complexity index is 1120. The van der Waals surface area contributed by atoms with Crippen LogP contribution in [0.3, 0.4) is 0 Å². The van der Waals surface area contributed by atoms with Crippen LogP contribution >= 0.6 is 0 Å². The lowest BCUT2D eigenvalue weighted by Gasteiger charge is -2.06. The van der Waals surface area contributed by atoms with Gasteiger partial charge >= 0.3 is 6.18 Å². The van der Waals surface area contributed by atoms with Crippen molar-refractivity contribution in [2.75, 3.05) is 0 Å². The average molecular weight is 374 g/mol. The number of rotatable bonds is 3. The maximum absolute atomic E-state index is 13.6. The van der Waals surface area contributed by atoms with Crippen molar-refractivity contribution < 1.29 is 22.7 Å². The first kappa shape index (κ1) is 17.2. The van der Waals surface area contributed by atoms with Crippen molar-refractivity contribution in [2.24, 2.45) is 0 Å². The molecule has 0 bridgehead atoms. The van der Waals surface area contributed by atoms with Crippen molar-refractivity contribution in [3.8, 4) is 22.6 Å². The second-order valence-electron chi connectivity index (χ2n) is 5.90. The fourth-order valence-corrected chi connectivity index (χ4v) is 2.84. The molecule has 4 aromatic rings. The van der Waals surface area contributed by atoms with Gasteiger partial charge in [-0.3, -0.25) is 0 Å². The molecule has 0 aliphatic carbocycles. The van der Waals surface area contributed by atoms with Gasteiger partial charge in [0.2, 0.25) is 5.89 Å². The molecule has 0 aliphatic heterocycles. The van der Waals surface area contributed by atoms with Gasteiger partial charge in [-0.1, -0.05) is 30.3 Å². The summed E-state index contributed by atoms with van der Waals surface area (Å²) in [7, 11) is 0. The molecule has 0 radical (unpaired) electrons. The number of benzene rings is 1. The molecule has 3 heterocycles. The number of alkyl halides is 3. The van der Waals surface area contributed by atoms with E-state index in [1.54, 1.807) is 37.3 Å². The Kier molecular flexibility index (Phi) is 3.96. The Morgan fingerprint density at radius 1 is 1.15 bits per heavy atom. The van der Waals surface area contributed by atoms with Crippen molar-refractivity contribution in [1.29, 1.82) is 0 Å². The predicted molar refractivity (Wildman–Crippen MR) is 89.6 cm³/mol. The summed E-state index contributed by atoms with van der Waals surface area (Å²) in [6, 6.07) is 8.20. The molecule has 0 amide bonds. The van der Waals surface area contributed by atoms with Crippen LogP contribution in [-0.4, -0.2) is 24.7 Å². The summed E-state index contributed by atoms with van der Waals surface area (Å²) < 4.78 is 47.1. The fourth-order valence-electron chi connectivity index (χ4n) is 2.84. The van der Waals surface area contributed by atoms with Gasteiger partial charge in [0.05, 0.1) is 23.4 Å². The largest absolute Gasteiger partial charge is 0.444 e. The van der Waals surface area contributed by atoms with E-state index in [9.17, 15) is 13.2 Å². The van der Waals surface area contributed by atoms with Crippen molar-refractivity contribution in [1.82, 2.24) is 19.6 Å². The van der Waals surface area contributed by atoms with Crippen LogP contribution in [0.15, 0.2) is 47.2 Å². The Labute approximate surface area is 150 Å². The molecule has 1 aromatic carbocycles. The number of aryl methyl sites for hydroxylation is 1. The molecule has 3 aromatic heterocycles. The van der Waals surface area contributed by atoms with Crippen LogP contribution in [0.2, 0.25) is 0 Å². The van der Waals surface area contributed by atoms with Crippen LogP contribution in [-0.2, 0) is 12.8 Å². The standard InChI is InChI=1S/C18H13F3N4O2/c1-10-13(17-23-12(8-26)9-27-17)7-25-16(22-10)14(11-5-3-2-4-6-11)15(24-25)18(19,20)21/h2-7,9,26H,8H2,1H3. The third-order valence-electron chi connectivity index (χ3n) is 4.08. The third-order valence-corrected chi connectivity index (χ3v) is 4.08. The van der Waals surface area contributed by atoms with E-state index in [2.05, 4.69) is 15.1 Å². The summed E-state index contributed by atoms with van der Waals surface area (Å²) >= 11 is 0. The number of oxazole rings is 1. The summed E-state index contributed by atoms with van der Waals surface area (Å²) in [5.74, 6) is 0.149. The monoisotopic (exact) mass is 374 g/mol. The molecule has 0 saturated heterocycles. The second kappa shape index (κ2) is 6.20. The molecule has 0 spiro atoms. The van der Waals surface area contributed by atoms with Crippen LogP contribution in [0.5, 0.6) is 0 Å². The molecule has 9 heteroatoms. The highest BCUT2D eigenvalue weighted by Gasteiger charge is 2.39. The third kappa shape index (κ3) is 2.95. The van der Waals surface area contributed by atoms with E-state index in [0.717, 1.165) is 4.52 Å². The molecular formula is C18H13F3N4O2. The number of aromatic nitrogens is 4. The smallest absolute Gasteiger partial charge is 0.435 e. The Morgan fingerprint density at radius 2 is 1.89 bits per heavy atom. The van der Waals surface area contributed by atoms with Gasteiger partial charge in [0.25, 0.3) is 0 Å². The highest BCUT2D eigenvalue weighted by molar-refractivity contribution is 5.81. The van der Waals surface area contributed by atoms with Gasteiger partial charge in [-0.25, -0.2) is 14.5 Å². The minimum Gasteiger partial charge on any atom is -0.444 e. The van der Waals surface area contributed by atoms with Gasteiger partial charge in [-0.15, -0.1) is 0 Å². The van der Waals surface area contributed by atoms with E-state index in [1.807, 2.05) is 0 Å². The molecule has 4 rings (SSSR count). The quantitative estimate of drug-likeness (QED) is 0.589. The van der Waals surface area contributed by atoms with Crippen LogP contribution in [0.4, 0.5) is 13.2 Å². The highest BCUT2D eigenvalue weighted by atomic mass is 19.4. The molecule has 27 heavy (non-hydrogen) atoms. The second-order valence-corrected chi connectivity index (χ2v) is 5.90. The summed E-state index contributed by atoms with van der Waals surface area (Å²) in [5.41, 5.74) is 0.493. The zero-order chi connectivity index (χ0) is 19.2. The van der Waals surface area contributed by atoms with Crippen molar-refractivity contribution >= 4 is 5.65 Å². The fraction of sp³-hybridized carbons (Fsp3) is 0.167. The molecule has 0 fully saturated rings. The van der Waals surface area contributed by atoms with E-state index in [4.69, 9.17) is 9.52 Å². The van der Waals surface area contributed by atoms with Gasteiger partial charge in [0.1, 0.15) is 12.0 Å². The van der Waals surface area contributed by atoms with Gasteiger partial charge in [0, 0.05) is 6.20 Å². The van der Waals surface area contributed by atoms with Gasteiger partial charge in [-0.2, -0.15) is 18.3 Å². The normalized spacial score (nSPS) is 12.0. The topological polar surface area (TPSA) is 76.5 Å². The molecule has 1 N–H and O–H groups in total. The molecule has 0 aliphatic rings. The first-order valence-corrected chi connectivity index (χ1v) is 7.96. The Balaban J connectivity index is 1.98. The summed E-state index contributed by atoms with van der Waals surface area (Å²) in [4.78, 5) is 8.42. The number of aliphatic hydroxyl groups is 1. The molecule has 138 valence electrons. The number of nitrogens with zero attached hydrogens (tertiary/aromatic N) is 4. The van der Waals surface area contributed by atoms with Crippen LogP contribution in [0.1, 0.15) is 17.1 Å². The van der Waals surface area contributed by atoms with E-state index in [0.29, 0.717) is 22.5 Å². The maximum Gasteiger partial charge on any atom is 0.435 e. The summed E-state index contributed by atoms with van der Waals surface area (Å²) in [5, 5.41) is 12.8. The van der Waals surface area contributed by atoms with Gasteiger partial charge in [-0.05, 0) is 12.5 Å². The number of halogens is 3. The summed E-state index contributed by atoms with van der Waals surface area (Å²) in [6.07, 6.45) is -1.97. The summed E-state index contributed by atoms with van der Waals surface area (Å²) in [6.45, 7) is 1.34. The number of hydrogen-bond acceptors (Lipinski definition) is 5. The highest BCUT2D eigenvalue weighted by Crippen LogP contribution is 2.39. The predicted octanol–water partition coefficient (Wildman–Crippen LogP) is 3.87. The molecule has 6 nitrogen and oxygen atoms in total.